The lowest BCUT2D eigenvalue weighted by atomic mass is 10.1. The molecule has 8 heteroatoms. The maximum Gasteiger partial charge on any atom is 0.349 e. The third-order valence-corrected chi connectivity index (χ3v) is 4.29. The maximum absolute atomic E-state index is 12.2. The number of benzene rings is 2. The number of esters is 1. The standard InChI is InChI=1S/C25H22N2O6/c1-2-30-22-7-3-4-8-23(22)32-17-24(28)33-20-11-9-18(10-12-20)14-19(15-26)25(29)27-16-21-6-5-13-31-21/h3-14H,2,16-17H2,1H3,(H,27,29)/b19-14+. The van der Waals surface area contributed by atoms with Crippen molar-refractivity contribution in [1.29, 1.82) is 5.26 Å². The number of rotatable bonds is 10. The molecule has 0 fully saturated rings. The van der Waals surface area contributed by atoms with Gasteiger partial charge in [-0.1, -0.05) is 24.3 Å². The van der Waals surface area contributed by atoms with E-state index in [0.29, 0.717) is 35.2 Å². The van der Waals surface area contributed by atoms with Gasteiger partial charge < -0.3 is 23.9 Å². The van der Waals surface area contributed by atoms with Gasteiger partial charge in [-0.2, -0.15) is 5.26 Å². The van der Waals surface area contributed by atoms with Crippen LogP contribution in [0.1, 0.15) is 18.2 Å². The summed E-state index contributed by atoms with van der Waals surface area (Å²) in [5.41, 5.74) is 0.536. The summed E-state index contributed by atoms with van der Waals surface area (Å²) in [6.45, 7) is 2.22. The number of nitriles is 1. The highest BCUT2D eigenvalue weighted by molar-refractivity contribution is 6.01. The highest BCUT2D eigenvalue weighted by Crippen LogP contribution is 2.26. The number of ether oxygens (including phenoxy) is 3. The molecule has 0 bridgehead atoms. The van der Waals surface area contributed by atoms with Crippen LogP contribution in [0.4, 0.5) is 0 Å². The fourth-order valence-corrected chi connectivity index (χ4v) is 2.76. The Bertz CT molecular complexity index is 1140. The van der Waals surface area contributed by atoms with E-state index in [2.05, 4.69) is 5.32 Å². The number of amides is 1. The molecule has 3 rings (SSSR count). The zero-order valence-corrected chi connectivity index (χ0v) is 17.9. The van der Waals surface area contributed by atoms with Crippen LogP contribution in [0.15, 0.2) is 76.9 Å². The molecular formula is C25H22N2O6. The first-order valence-electron chi connectivity index (χ1n) is 10.2. The van der Waals surface area contributed by atoms with Crippen molar-refractivity contribution in [1.82, 2.24) is 5.32 Å². The minimum Gasteiger partial charge on any atom is -0.490 e. The van der Waals surface area contributed by atoms with Crippen LogP contribution in [0.5, 0.6) is 17.2 Å². The Kier molecular flexibility index (Phi) is 8.26. The summed E-state index contributed by atoms with van der Waals surface area (Å²) in [7, 11) is 0. The van der Waals surface area contributed by atoms with E-state index in [0.717, 1.165) is 0 Å². The minimum absolute atomic E-state index is 0.0623. The number of nitrogens with zero attached hydrogens (tertiary/aromatic N) is 1. The lowest BCUT2D eigenvalue weighted by molar-refractivity contribution is -0.136. The van der Waals surface area contributed by atoms with Crippen LogP contribution in [0.2, 0.25) is 0 Å². The van der Waals surface area contributed by atoms with Crippen LogP contribution in [0.3, 0.4) is 0 Å². The van der Waals surface area contributed by atoms with E-state index in [1.807, 2.05) is 19.1 Å². The van der Waals surface area contributed by atoms with Gasteiger partial charge in [0.2, 0.25) is 0 Å². The summed E-state index contributed by atoms with van der Waals surface area (Å²) in [6, 6.07) is 18.7. The summed E-state index contributed by atoms with van der Waals surface area (Å²) in [5.74, 6) is 0.780. The van der Waals surface area contributed by atoms with Crippen LogP contribution >= 0.6 is 0 Å². The van der Waals surface area contributed by atoms with Gasteiger partial charge in [-0.05, 0) is 55.0 Å². The molecule has 3 aromatic rings. The van der Waals surface area contributed by atoms with Gasteiger partial charge in [-0.3, -0.25) is 4.79 Å². The van der Waals surface area contributed by atoms with Crippen molar-refractivity contribution in [3.63, 3.8) is 0 Å². The van der Waals surface area contributed by atoms with E-state index in [-0.39, 0.29) is 18.7 Å². The normalized spacial score (nSPS) is 10.7. The Balaban J connectivity index is 1.54. The molecule has 1 heterocycles. The van der Waals surface area contributed by atoms with Gasteiger partial charge in [0.15, 0.2) is 18.1 Å². The van der Waals surface area contributed by atoms with E-state index in [9.17, 15) is 14.9 Å². The van der Waals surface area contributed by atoms with Crippen molar-refractivity contribution < 1.29 is 28.2 Å². The topological polar surface area (TPSA) is 111 Å². The zero-order chi connectivity index (χ0) is 23.5. The first-order chi connectivity index (χ1) is 16.1. The molecule has 2 aromatic carbocycles. The van der Waals surface area contributed by atoms with Crippen molar-refractivity contribution in [2.75, 3.05) is 13.2 Å². The van der Waals surface area contributed by atoms with Gasteiger partial charge in [0.1, 0.15) is 23.2 Å². The quantitative estimate of drug-likeness (QED) is 0.218. The van der Waals surface area contributed by atoms with Gasteiger partial charge in [-0.25, -0.2) is 4.79 Å². The number of furan rings is 1. The fourth-order valence-electron chi connectivity index (χ4n) is 2.76. The van der Waals surface area contributed by atoms with Crippen molar-refractivity contribution in [3.8, 4) is 23.3 Å². The Hall–Kier alpha value is -4.51. The number of carbonyl (C=O) groups excluding carboxylic acids is 2. The monoisotopic (exact) mass is 446 g/mol. The number of carbonyl (C=O) groups is 2. The van der Waals surface area contributed by atoms with E-state index in [1.54, 1.807) is 54.6 Å². The number of nitrogens with one attached hydrogen (secondary N) is 1. The average molecular weight is 446 g/mol. The minimum atomic E-state index is -0.584. The second-order valence-corrected chi connectivity index (χ2v) is 6.64. The molecule has 8 nitrogen and oxygen atoms in total. The molecule has 0 atom stereocenters. The first kappa shape index (κ1) is 23.2. The Labute approximate surface area is 191 Å². The highest BCUT2D eigenvalue weighted by Gasteiger charge is 2.11. The van der Waals surface area contributed by atoms with Crippen LogP contribution < -0.4 is 19.5 Å². The zero-order valence-electron chi connectivity index (χ0n) is 17.9. The van der Waals surface area contributed by atoms with Crippen LogP contribution in [0.25, 0.3) is 6.08 Å². The molecule has 0 saturated heterocycles. The summed E-state index contributed by atoms with van der Waals surface area (Å²) in [6.07, 6.45) is 2.94. The van der Waals surface area contributed by atoms with Gasteiger partial charge in [0, 0.05) is 0 Å². The molecule has 33 heavy (non-hydrogen) atoms. The predicted molar refractivity (Wildman–Crippen MR) is 119 cm³/mol. The van der Waals surface area contributed by atoms with Crippen LogP contribution in [0, 0.1) is 11.3 Å². The van der Waals surface area contributed by atoms with Crippen molar-refractivity contribution in [2.24, 2.45) is 0 Å². The Morgan fingerprint density at radius 3 is 2.39 bits per heavy atom. The summed E-state index contributed by atoms with van der Waals surface area (Å²) >= 11 is 0. The fraction of sp³-hybridized carbons (Fsp3) is 0.160. The van der Waals surface area contributed by atoms with Gasteiger partial charge >= 0.3 is 5.97 Å². The maximum atomic E-state index is 12.2. The molecule has 0 aliphatic heterocycles. The number of para-hydroxylation sites is 2. The molecule has 168 valence electrons. The molecule has 0 saturated carbocycles. The Morgan fingerprint density at radius 1 is 1.03 bits per heavy atom. The van der Waals surface area contributed by atoms with Crippen LogP contribution in [-0.2, 0) is 16.1 Å². The van der Waals surface area contributed by atoms with E-state index in [1.165, 1.54) is 12.3 Å². The summed E-state index contributed by atoms with van der Waals surface area (Å²) in [4.78, 5) is 24.3. The molecular weight excluding hydrogens is 424 g/mol. The smallest absolute Gasteiger partial charge is 0.349 e. The molecule has 1 amide bonds. The first-order valence-corrected chi connectivity index (χ1v) is 10.2. The van der Waals surface area contributed by atoms with Crippen molar-refractivity contribution >= 4 is 18.0 Å². The molecule has 0 spiro atoms. The van der Waals surface area contributed by atoms with Crippen molar-refractivity contribution in [2.45, 2.75) is 13.5 Å². The Morgan fingerprint density at radius 2 is 1.76 bits per heavy atom. The van der Waals surface area contributed by atoms with E-state index in [4.69, 9.17) is 18.6 Å². The molecule has 1 N–H and O–H groups in total. The molecule has 0 aliphatic rings. The lowest BCUT2D eigenvalue weighted by Gasteiger charge is -2.11. The van der Waals surface area contributed by atoms with Gasteiger partial charge in [-0.15, -0.1) is 0 Å². The number of hydrogen-bond acceptors (Lipinski definition) is 7. The summed E-state index contributed by atoms with van der Waals surface area (Å²) < 4.78 is 21.4. The molecule has 0 radical (unpaired) electrons. The van der Waals surface area contributed by atoms with Crippen LogP contribution in [-0.4, -0.2) is 25.1 Å². The SMILES string of the molecule is CCOc1ccccc1OCC(=O)Oc1ccc(/C=C(\C#N)C(=O)NCc2ccco2)cc1. The second kappa shape index (κ2) is 11.8. The average Bonchev–Trinajstić information content (AvgIpc) is 3.35. The molecule has 0 aliphatic carbocycles. The van der Waals surface area contributed by atoms with Gasteiger partial charge in [0.25, 0.3) is 5.91 Å². The van der Waals surface area contributed by atoms with E-state index >= 15 is 0 Å². The number of hydrogen-bond donors (Lipinski definition) is 1. The highest BCUT2D eigenvalue weighted by atomic mass is 16.6. The largest absolute Gasteiger partial charge is 0.490 e. The molecule has 0 unspecified atom stereocenters. The lowest BCUT2D eigenvalue weighted by Crippen LogP contribution is -2.23. The van der Waals surface area contributed by atoms with E-state index < -0.39 is 11.9 Å². The van der Waals surface area contributed by atoms with Crippen molar-refractivity contribution in [3.05, 3.63) is 83.8 Å². The third-order valence-electron chi connectivity index (χ3n) is 4.29. The molecule has 1 aromatic heterocycles. The van der Waals surface area contributed by atoms with Gasteiger partial charge in [0.05, 0.1) is 19.4 Å². The second-order valence-electron chi connectivity index (χ2n) is 6.64. The third kappa shape index (κ3) is 7.01. The predicted octanol–water partition coefficient (Wildman–Crippen LogP) is 3.89. The summed E-state index contributed by atoms with van der Waals surface area (Å²) in [5, 5.41) is 11.9.